The van der Waals surface area contributed by atoms with Crippen LogP contribution in [0.15, 0.2) is 53.4 Å². The molecule has 108 valence electrons. The predicted molar refractivity (Wildman–Crippen MR) is 86.3 cm³/mol. The molecule has 0 spiro atoms. The first kappa shape index (κ1) is 15.4. The topological polar surface area (TPSA) is 66.0 Å². The second-order valence-electron chi connectivity index (χ2n) is 4.32. The maximum absolute atomic E-state index is 10.8. The SMILES string of the molecule is Cl.O=C(O)c1ccc(SCc2nc3ccccc3[nH]2)cc1. The fourth-order valence-electron chi connectivity index (χ4n) is 1.92. The number of benzene rings is 2. The van der Waals surface area contributed by atoms with Gasteiger partial charge in [-0.3, -0.25) is 0 Å². The van der Waals surface area contributed by atoms with Gasteiger partial charge in [-0.25, -0.2) is 9.78 Å². The minimum atomic E-state index is -0.904. The van der Waals surface area contributed by atoms with E-state index < -0.39 is 5.97 Å². The third-order valence-electron chi connectivity index (χ3n) is 2.92. The molecule has 4 nitrogen and oxygen atoms in total. The van der Waals surface area contributed by atoms with Crippen LogP contribution in [-0.2, 0) is 5.75 Å². The zero-order valence-electron chi connectivity index (χ0n) is 10.9. The molecule has 0 fully saturated rings. The number of aromatic carboxylic acids is 1. The average molecular weight is 321 g/mol. The number of aromatic amines is 1. The van der Waals surface area contributed by atoms with Gasteiger partial charge in [-0.2, -0.15) is 0 Å². The number of H-pyrrole nitrogens is 1. The fraction of sp³-hybridized carbons (Fsp3) is 0.0667. The van der Waals surface area contributed by atoms with Crippen molar-refractivity contribution < 1.29 is 9.90 Å². The molecule has 2 aromatic carbocycles. The van der Waals surface area contributed by atoms with Crippen molar-refractivity contribution in [2.24, 2.45) is 0 Å². The summed E-state index contributed by atoms with van der Waals surface area (Å²) in [5.41, 5.74) is 2.30. The normalized spacial score (nSPS) is 10.3. The molecule has 1 heterocycles. The highest BCUT2D eigenvalue weighted by Gasteiger charge is 2.04. The molecule has 0 aliphatic carbocycles. The number of thioether (sulfide) groups is 1. The van der Waals surface area contributed by atoms with Gasteiger partial charge in [0, 0.05) is 4.90 Å². The summed E-state index contributed by atoms with van der Waals surface area (Å²) in [6.45, 7) is 0. The first-order chi connectivity index (χ1) is 9.72. The molecule has 3 rings (SSSR count). The van der Waals surface area contributed by atoms with Crippen LogP contribution >= 0.6 is 24.2 Å². The Morgan fingerprint density at radius 3 is 2.52 bits per heavy atom. The Morgan fingerprint density at radius 2 is 1.86 bits per heavy atom. The number of para-hydroxylation sites is 2. The van der Waals surface area contributed by atoms with Crippen LogP contribution in [-0.4, -0.2) is 21.0 Å². The summed E-state index contributed by atoms with van der Waals surface area (Å²) in [6.07, 6.45) is 0. The lowest BCUT2D eigenvalue weighted by Gasteiger charge is -2.00. The highest BCUT2D eigenvalue weighted by atomic mass is 35.5. The Bertz CT molecular complexity index is 723. The van der Waals surface area contributed by atoms with Crippen molar-refractivity contribution in [3.05, 3.63) is 59.9 Å². The molecule has 0 radical (unpaired) electrons. The number of nitrogens with zero attached hydrogens (tertiary/aromatic N) is 1. The average Bonchev–Trinajstić information content (AvgIpc) is 2.88. The predicted octanol–water partition coefficient (Wildman–Crippen LogP) is 3.98. The van der Waals surface area contributed by atoms with Gasteiger partial charge in [-0.05, 0) is 36.4 Å². The van der Waals surface area contributed by atoms with Crippen molar-refractivity contribution in [3.63, 3.8) is 0 Å². The molecule has 0 aliphatic heterocycles. The van der Waals surface area contributed by atoms with Gasteiger partial charge in [0.25, 0.3) is 0 Å². The van der Waals surface area contributed by atoms with E-state index in [1.165, 1.54) is 0 Å². The Labute approximate surface area is 132 Å². The fourth-order valence-corrected chi connectivity index (χ4v) is 2.69. The first-order valence-electron chi connectivity index (χ1n) is 6.12. The van der Waals surface area contributed by atoms with E-state index in [0.29, 0.717) is 5.56 Å². The lowest BCUT2D eigenvalue weighted by atomic mass is 10.2. The summed E-state index contributed by atoms with van der Waals surface area (Å²) in [7, 11) is 0. The zero-order valence-corrected chi connectivity index (χ0v) is 12.6. The Balaban J connectivity index is 0.00000161. The van der Waals surface area contributed by atoms with E-state index in [4.69, 9.17) is 5.11 Å². The van der Waals surface area contributed by atoms with E-state index in [1.54, 1.807) is 23.9 Å². The van der Waals surface area contributed by atoms with E-state index in [1.807, 2.05) is 36.4 Å². The minimum Gasteiger partial charge on any atom is -0.478 e. The molecule has 0 saturated carbocycles. The molecular weight excluding hydrogens is 308 g/mol. The van der Waals surface area contributed by atoms with Crippen LogP contribution in [0.2, 0.25) is 0 Å². The van der Waals surface area contributed by atoms with E-state index in [9.17, 15) is 4.79 Å². The van der Waals surface area contributed by atoms with Gasteiger partial charge in [0.15, 0.2) is 0 Å². The van der Waals surface area contributed by atoms with Crippen LogP contribution in [0.25, 0.3) is 11.0 Å². The monoisotopic (exact) mass is 320 g/mol. The maximum atomic E-state index is 10.8. The van der Waals surface area contributed by atoms with Gasteiger partial charge >= 0.3 is 5.97 Å². The van der Waals surface area contributed by atoms with Gasteiger partial charge in [-0.15, -0.1) is 24.2 Å². The van der Waals surface area contributed by atoms with Crippen LogP contribution in [0.3, 0.4) is 0 Å². The second-order valence-corrected chi connectivity index (χ2v) is 5.37. The minimum absolute atomic E-state index is 0. The van der Waals surface area contributed by atoms with Gasteiger partial charge in [-0.1, -0.05) is 12.1 Å². The number of hydrogen-bond acceptors (Lipinski definition) is 3. The van der Waals surface area contributed by atoms with Crippen LogP contribution < -0.4 is 0 Å². The molecule has 2 N–H and O–H groups in total. The van der Waals surface area contributed by atoms with E-state index in [-0.39, 0.29) is 12.4 Å². The number of carbonyl (C=O) groups is 1. The number of fused-ring (bicyclic) bond motifs is 1. The summed E-state index contributed by atoms with van der Waals surface area (Å²) < 4.78 is 0. The summed E-state index contributed by atoms with van der Waals surface area (Å²) in [5.74, 6) is 0.735. The van der Waals surface area contributed by atoms with Gasteiger partial charge in [0.1, 0.15) is 5.82 Å². The maximum Gasteiger partial charge on any atom is 0.335 e. The first-order valence-corrected chi connectivity index (χ1v) is 7.11. The molecule has 3 aromatic rings. The molecule has 1 aromatic heterocycles. The number of imidazole rings is 1. The van der Waals surface area contributed by atoms with Gasteiger partial charge in [0.05, 0.1) is 22.3 Å². The summed E-state index contributed by atoms with van der Waals surface area (Å²) >= 11 is 1.62. The summed E-state index contributed by atoms with van der Waals surface area (Å²) in [4.78, 5) is 19.6. The molecule has 0 bridgehead atoms. The highest BCUT2D eigenvalue weighted by Crippen LogP contribution is 2.23. The Kier molecular flexibility index (Phi) is 4.88. The second kappa shape index (κ2) is 6.65. The van der Waals surface area contributed by atoms with E-state index in [2.05, 4.69) is 9.97 Å². The Morgan fingerprint density at radius 1 is 1.14 bits per heavy atom. The molecule has 0 amide bonds. The van der Waals surface area contributed by atoms with Crippen molar-refractivity contribution in [1.29, 1.82) is 0 Å². The molecule has 0 unspecified atom stereocenters. The lowest BCUT2D eigenvalue weighted by Crippen LogP contribution is -1.94. The number of aromatic nitrogens is 2. The van der Waals surface area contributed by atoms with Crippen molar-refractivity contribution in [3.8, 4) is 0 Å². The van der Waals surface area contributed by atoms with Crippen LogP contribution in [0.4, 0.5) is 0 Å². The highest BCUT2D eigenvalue weighted by molar-refractivity contribution is 7.98. The number of carboxylic acids is 1. The standard InChI is InChI=1S/C15H12N2O2S.ClH/c18-15(19)10-5-7-11(8-6-10)20-9-14-16-12-3-1-2-4-13(12)17-14;/h1-8H,9H2,(H,16,17)(H,18,19);1H. The number of nitrogens with one attached hydrogen (secondary N) is 1. The largest absolute Gasteiger partial charge is 0.478 e. The van der Waals surface area contributed by atoms with Crippen molar-refractivity contribution >= 4 is 41.2 Å². The third-order valence-corrected chi connectivity index (χ3v) is 3.94. The van der Waals surface area contributed by atoms with Crippen molar-refractivity contribution in [1.82, 2.24) is 9.97 Å². The summed E-state index contributed by atoms with van der Waals surface area (Å²) in [6, 6.07) is 14.8. The van der Waals surface area contributed by atoms with Gasteiger partial charge in [0.2, 0.25) is 0 Å². The lowest BCUT2D eigenvalue weighted by molar-refractivity contribution is 0.0697. The number of carboxylic acid groups (broad SMARTS) is 1. The molecular formula is C15H13ClN2O2S. The quantitative estimate of drug-likeness (QED) is 0.714. The number of halogens is 1. The van der Waals surface area contributed by atoms with Crippen LogP contribution in [0.5, 0.6) is 0 Å². The van der Waals surface area contributed by atoms with Crippen LogP contribution in [0.1, 0.15) is 16.2 Å². The zero-order chi connectivity index (χ0) is 13.9. The Hall–Kier alpha value is -1.98. The smallest absolute Gasteiger partial charge is 0.335 e. The molecule has 0 saturated heterocycles. The summed E-state index contributed by atoms with van der Waals surface area (Å²) in [5, 5.41) is 8.84. The number of hydrogen-bond donors (Lipinski definition) is 2. The molecule has 0 aliphatic rings. The molecule has 6 heteroatoms. The third kappa shape index (κ3) is 3.56. The molecule has 0 atom stereocenters. The number of rotatable bonds is 4. The van der Waals surface area contributed by atoms with E-state index >= 15 is 0 Å². The van der Waals surface area contributed by atoms with Crippen molar-refractivity contribution in [2.75, 3.05) is 0 Å². The molecule has 21 heavy (non-hydrogen) atoms. The van der Waals surface area contributed by atoms with E-state index in [0.717, 1.165) is 27.5 Å². The van der Waals surface area contributed by atoms with Gasteiger partial charge < -0.3 is 10.1 Å². The van der Waals surface area contributed by atoms with Crippen molar-refractivity contribution in [2.45, 2.75) is 10.6 Å². The van der Waals surface area contributed by atoms with Crippen LogP contribution in [0, 0.1) is 0 Å².